The first-order valence-electron chi connectivity index (χ1n) is 17.3. The van der Waals surface area contributed by atoms with Gasteiger partial charge in [-0.3, -0.25) is 0 Å². The van der Waals surface area contributed by atoms with Crippen molar-refractivity contribution in [2.75, 3.05) is 0 Å². The number of benzene rings is 8. The smallest absolute Gasteiger partial charge is 0.165 e. The summed E-state index contributed by atoms with van der Waals surface area (Å²) in [7, 11) is 0. The number of hydrogen-bond donors (Lipinski definition) is 0. The molecule has 0 aliphatic rings. The number of rotatable bonds is 4. The summed E-state index contributed by atoms with van der Waals surface area (Å²) in [5, 5.41) is 9.15. The molecule has 242 valence electrons. The Hall–Kier alpha value is -6.69. The van der Waals surface area contributed by atoms with E-state index < -0.39 is 0 Å². The van der Waals surface area contributed by atoms with Crippen molar-refractivity contribution >= 4 is 75.0 Å². The van der Waals surface area contributed by atoms with E-state index >= 15 is 0 Å². The molecule has 0 aliphatic heterocycles. The molecule has 3 heterocycles. The number of nitrogens with zero attached hydrogens (tertiary/aromatic N) is 3. The molecule has 0 atom stereocenters. The molecule has 52 heavy (non-hydrogen) atoms. The molecule has 11 rings (SSSR count). The summed E-state index contributed by atoms with van der Waals surface area (Å²) >= 11 is 1.78. The quantitative estimate of drug-likeness (QED) is 0.185. The minimum atomic E-state index is 0.602. The highest BCUT2D eigenvalue weighted by atomic mass is 32.1. The van der Waals surface area contributed by atoms with Gasteiger partial charge in [-0.05, 0) is 75.1 Å². The van der Waals surface area contributed by atoms with Gasteiger partial charge in [-0.1, -0.05) is 121 Å². The molecule has 0 radical (unpaired) electrons. The maximum Gasteiger partial charge on any atom is 0.165 e. The van der Waals surface area contributed by atoms with Gasteiger partial charge in [-0.15, -0.1) is 11.3 Å². The lowest BCUT2D eigenvalue weighted by Gasteiger charge is -2.12. The summed E-state index contributed by atoms with van der Waals surface area (Å²) in [6.45, 7) is 0. The molecule has 0 aliphatic carbocycles. The fraction of sp³-hybridized carbons (Fsp3) is 0. The molecule has 5 heteroatoms. The van der Waals surface area contributed by atoms with Crippen molar-refractivity contribution in [1.82, 2.24) is 15.0 Å². The van der Waals surface area contributed by atoms with E-state index in [9.17, 15) is 0 Å². The largest absolute Gasteiger partial charge is 0.456 e. The first kappa shape index (κ1) is 29.1. The van der Waals surface area contributed by atoms with Gasteiger partial charge in [-0.25, -0.2) is 15.0 Å². The molecule has 0 unspecified atom stereocenters. The number of hydrogen-bond acceptors (Lipinski definition) is 5. The Labute approximate surface area is 302 Å². The van der Waals surface area contributed by atoms with Crippen LogP contribution in [-0.4, -0.2) is 15.0 Å². The lowest BCUT2D eigenvalue weighted by Crippen LogP contribution is -2.01. The van der Waals surface area contributed by atoms with E-state index in [1.165, 1.54) is 31.6 Å². The third-order valence-electron chi connectivity index (χ3n) is 10.1. The Balaban J connectivity index is 1.21. The third-order valence-corrected chi connectivity index (χ3v) is 11.3. The van der Waals surface area contributed by atoms with Crippen molar-refractivity contribution in [3.05, 3.63) is 164 Å². The average Bonchev–Trinajstić information content (AvgIpc) is 3.78. The highest BCUT2D eigenvalue weighted by Crippen LogP contribution is 2.42. The highest BCUT2D eigenvalue weighted by Gasteiger charge is 2.21. The van der Waals surface area contributed by atoms with Crippen LogP contribution >= 0.6 is 11.3 Å². The van der Waals surface area contributed by atoms with Crippen LogP contribution < -0.4 is 0 Å². The zero-order valence-electron chi connectivity index (χ0n) is 27.7. The first-order valence-corrected chi connectivity index (χ1v) is 18.2. The number of furan rings is 1. The normalized spacial score (nSPS) is 11.8. The van der Waals surface area contributed by atoms with Gasteiger partial charge >= 0.3 is 0 Å². The van der Waals surface area contributed by atoms with Crippen molar-refractivity contribution in [2.45, 2.75) is 0 Å². The molecule has 11 aromatic rings. The van der Waals surface area contributed by atoms with Gasteiger partial charge in [0.05, 0.1) is 0 Å². The van der Waals surface area contributed by atoms with Gasteiger partial charge in [0.2, 0.25) is 0 Å². The summed E-state index contributed by atoms with van der Waals surface area (Å²) < 4.78 is 8.96. The van der Waals surface area contributed by atoms with Crippen LogP contribution in [0, 0.1) is 0 Å². The van der Waals surface area contributed by atoms with Crippen molar-refractivity contribution in [3.8, 4) is 45.3 Å². The molecule has 0 saturated carbocycles. The second kappa shape index (κ2) is 11.4. The number of aromatic nitrogens is 3. The van der Waals surface area contributed by atoms with E-state index in [0.29, 0.717) is 17.5 Å². The van der Waals surface area contributed by atoms with Crippen LogP contribution in [0.4, 0.5) is 0 Å². The molecule has 8 aromatic carbocycles. The topological polar surface area (TPSA) is 51.8 Å². The van der Waals surface area contributed by atoms with Gasteiger partial charge in [0, 0.05) is 47.6 Å². The van der Waals surface area contributed by atoms with Crippen LogP contribution in [-0.2, 0) is 0 Å². The van der Waals surface area contributed by atoms with Crippen LogP contribution in [0.3, 0.4) is 0 Å². The van der Waals surface area contributed by atoms with Crippen molar-refractivity contribution < 1.29 is 4.42 Å². The van der Waals surface area contributed by atoms with Crippen molar-refractivity contribution in [3.63, 3.8) is 0 Å². The summed E-state index contributed by atoms with van der Waals surface area (Å²) in [5.74, 6) is 1.87. The van der Waals surface area contributed by atoms with Crippen molar-refractivity contribution in [1.29, 1.82) is 0 Å². The molecule has 3 aromatic heterocycles. The Kier molecular flexibility index (Phi) is 6.39. The molecule has 0 fully saturated rings. The lowest BCUT2D eigenvalue weighted by molar-refractivity contribution is 0.669. The zero-order chi connectivity index (χ0) is 34.2. The predicted molar refractivity (Wildman–Crippen MR) is 217 cm³/mol. The van der Waals surface area contributed by atoms with E-state index in [0.717, 1.165) is 59.8 Å². The van der Waals surface area contributed by atoms with Gasteiger partial charge in [0.15, 0.2) is 17.5 Å². The summed E-state index contributed by atoms with van der Waals surface area (Å²) in [6, 6.07) is 57.5. The van der Waals surface area contributed by atoms with E-state index in [4.69, 9.17) is 19.4 Å². The third kappa shape index (κ3) is 4.64. The SMILES string of the molecule is c1ccc2cc(-c3cc(-c4nc(-c5ccc6ccccc6c5)nc(-c5cccc6c5sc5ccccc56)n4)c4c(c3)oc3ccccc34)ccc2c1. The number of para-hydroxylation sites is 1. The highest BCUT2D eigenvalue weighted by molar-refractivity contribution is 7.26. The average molecular weight is 682 g/mol. The fourth-order valence-corrected chi connectivity index (χ4v) is 8.78. The standard InChI is InChI=1S/C47H27N3OS/c1-3-12-30-24-32(22-20-28(30)10-1)34-26-39(43-37-15-5-7-18-40(37)51-41(43)27-34)47-49-45(33-23-21-29-11-2-4-13-31(29)25-33)48-46(50-47)38-17-9-16-36-35-14-6-8-19-42(35)52-44(36)38/h1-27H. The maximum atomic E-state index is 6.56. The Morgan fingerprint density at radius 2 is 1.00 bits per heavy atom. The fourth-order valence-electron chi connectivity index (χ4n) is 7.56. The summed E-state index contributed by atoms with van der Waals surface area (Å²) in [4.78, 5) is 15.9. The number of fused-ring (bicyclic) bond motifs is 8. The molecular weight excluding hydrogens is 655 g/mol. The van der Waals surface area contributed by atoms with Crippen LogP contribution in [0.1, 0.15) is 0 Å². The van der Waals surface area contributed by atoms with Gasteiger partial charge in [0.1, 0.15) is 11.2 Å². The Bertz CT molecular complexity index is 3210. The zero-order valence-corrected chi connectivity index (χ0v) is 28.6. The Morgan fingerprint density at radius 3 is 1.81 bits per heavy atom. The van der Waals surface area contributed by atoms with Gasteiger partial charge in [0.25, 0.3) is 0 Å². The molecule has 0 amide bonds. The minimum absolute atomic E-state index is 0.602. The molecule has 0 saturated heterocycles. The predicted octanol–water partition coefficient (Wildman–Crippen LogP) is 13.1. The lowest BCUT2D eigenvalue weighted by atomic mass is 9.96. The maximum absolute atomic E-state index is 6.56. The molecular formula is C47H27N3OS. The molecule has 0 N–H and O–H groups in total. The second-order valence-electron chi connectivity index (χ2n) is 13.2. The second-order valence-corrected chi connectivity index (χ2v) is 14.3. The van der Waals surface area contributed by atoms with Gasteiger partial charge < -0.3 is 4.42 Å². The monoisotopic (exact) mass is 681 g/mol. The molecule has 0 spiro atoms. The van der Waals surface area contributed by atoms with Crippen LogP contribution in [0.25, 0.3) is 109 Å². The van der Waals surface area contributed by atoms with E-state index in [1.54, 1.807) is 11.3 Å². The summed E-state index contributed by atoms with van der Waals surface area (Å²) in [6.07, 6.45) is 0. The Morgan fingerprint density at radius 1 is 0.385 bits per heavy atom. The van der Waals surface area contributed by atoms with E-state index in [1.807, 2.05) is 12.1 Å². The van der Waals surface area contributed by atoms with Crippen LogP contribution in [0.5, 0.6) is 0 Å². The first-order chi connectivity index (χ1) is 25.7. The summed E-state index contributed by atoms with van der Waals surface area (Å²) in [5.41, 5.74) is 6.58. The van der Waals surface area contributed by atoms with Gasteiger partial charge in [-0.2, -0.15) is 0 Å². The van der Waals surface area contributed by atoms with E-state index in [-0.39, 0.29) is 0 Å². The van der Waals surface area contributed by atoms with E-state index in [2.05, 4.69) is 152 Å². The molecule has 0 bridgehead atoms. The van der Waals surface area contributed by atoms with Crippen LogP contribution in [0.2, 0.25) is 0 Å². The minimum Gasteiger partial charge on any atom is -0.456 e. The molecule has 4 nitrogen and oxygen atoms in total. The van der Waals surface area contributed by atoms with Crippen LogP contribution in [0.15, 0.2) is 168 Å². The number of thiophene rings is 1. The van der Waals surface area contributed by atoms with Crippen molar-refractivity contribution in [2.24, 2.45) is 0 Å².